The molecule has 0 spiro atoms. The molecule has 0 bridgehead atoms. The first-order chi connectivity index (χ1) is 11.3. The smallest absolute Gasteiger partial charge is 0.237 e. The summed E-state index contributed by atoms with van der Waals surface area (Å²) in [6, 6.07) is 18.4. The minimum Gasteiger partial charge on any atom is -0.386 e. The average Bonchev–Trinajstić information content (AvgIpc) is 3.15. The van der Waals surface area contributed by atoms with E-state index in [9.17, 15) is 9.90 Å². The number of benzene rings is 2. The normalized spacial score (nSPS) is 20.0. The molecule has 0 aliphatic carbocycles. The SMILES string of the molecule is O=C(N[C@@H](c1ccccc1)[C@@H](O)c1ccccc1)[C@H]1CCCN1. The molecule has 1 aliphatic rings. The summed E-state index contributed by atoms with van der Waals surface area (Å²) in [4.78, 5) is 12.5. The van der Waals surface area contributed by atoms with Gasteiger partial charge in [-0.05, 0) is 30.5 Å². The molecule has 2 aromatic carbocycles. The maximum absolute atomic E-state index is 12.5. The van der Waals surface area contributed by atoms with Crippen LogP contribution in [0.1, 0.15) is 36.1 Å². The number of carbonyl (C=O) groups is 1. The molecule has 4 heteroatoms. The van der Waals surface area contributed by atoms with Crippen LogP contribution in [0, 0.1) is 0 Å². The second kappa shape index (κ2) is 7.40. The topological polar surface area (TPSA) is 61.4 Å². The van der Waals surface area contributed by atoms with Gasteiger partial charge in [0.15, 0.2) is 0 Å². The molecular formula is C19H22N2O2. The molecule has 1 fully saturated rings. The van der Waals surface area contributed by atoms with Crippen molar-refractivity contribution in [3.8, 4) is 0 Å². The van der Waals surface area contributed by atoms with Gasteiger partial charge in [0.2, 0.25) is 5.91 Å². The summed E-state index contributed by atoms with van der Waals surface area (Å²) in [6.07, 6.45) is 1.06. The fraction of sp³-hybridized carbons (Fsp3) is 0.316. The van der Waals surface area contributed by atoms with Gasteiger partial charge < -0.3 is 15.7 Å². The van der Waals surface area contributed by atoms with Gasteiger partial charge in [-0.2, -0.15) is 0 Å². The summed E-state index contributed by atoms with van der Waals surface area (Å²) in [5, 5.41) is 17.0. The Labute approximate surface area is 136 Å². The van der Waals surface area contributed by atoms with Gasteiger partial charge in [0.1, 0.15) is 6.10 Å². The first kappa shape index (κ1) is 15.7. The average molecular weight is 310 g/mol. The molecule has 23 heavy (non-hydrogen) atoms. The number of hydrogen-bond acceptors (Lipinski definition) is 3. The summed E-state index contributed by atoms with van der Waals surface area (Å²) in [5.41, 5.74) is 1.69. The number of nitrogens with one attached hydrogen (secondary N) is 2. The lowest BCUT2D eigenvalue weighted by Gasteiger charge is -2.26. The van der Waals surface area contributed by atoms with Crippen molar-refractivity contribution in [2.24, 2.45) is 0 Å². The van der Waals surface area contributed by atoms with Crippen LogP contribution in [0.25, 0.3) is 0 Å². The van der Waals surface area contributed by atoms with Crippen LogP contribution in [0.3, 0.4) is 0 Å². The van der Waals surface area contributed by atoms with Crippen molar-refractivity contribution in [1.82, 2.24) is 10.6 Å². The zero-order valence-corrected chi connectivity index (χ0v) is 13.0. The minimum absolute atomic E-state index is 0.0497. The third kappa shape index (κ3) is 3.78. The van der Waals surface area contributed by atoms with Crippen LogP contribution in [0.15, 0.2) is 60.7 Å². The second-order valence-electron chi connectivity index (χ2n) is 5.90. The minimum atomic E-state index is -0.788. The molecule has 0 aromatic heterocycles. The highest BCUT2D eigenvalue weighted by molar-refractivity contribution is 5.82. The lowest BCUT2D eigenvalue weighted by atomic mass is 9.95. The van der Waals surface area contributed by atoms with Gasteiger partial charge in [0, 0.05) is 0 Å². The van der Waals surface area contributed by atoms with Crippen LogP contribution in [0.4, 0.5) is 0 Å². The van der Waals surface area contributed by atoms with Crippen LogP contribution >= 0.6 is 0 Å². The van der Waals surface area contributed by atoms with E-state index in [-0.39, 0.29) is 11.9 Å². The summed E-state index contributed by atoms with van der Waals surface area (Å²) >= 11 is 0. The van der Waals surface area contributed by atoms with Crippen molar-refractivity contribution in [2.45, 2.75) is 31.0 Å². The van der Waals surface area contributed by atoms with Crippen molar-refractivity contribution in [2.75, 3.05) is 6.54 Å². The van der Waals surface area contributed by atoms with E-state index in [1.165, 1.54) is 0 Å². The Hall–Kier alpha value is -2.17. The van der Waals surface area contributed by atoms with Gasteiger partial charge >= 0.3 is 0 Å². The van der Waals surface area contributed by atoms with Crippen molar-refractivity contribution in [3.05, 3.63) is 71.8 Å². The van der Waals surface area contributed by atoms with E-state index in [1.54, 1.807) is 0 Å². The van der Waals surface area contributed by atoms with E-state index in [0.717, 1.165) is 30.5 Å². The van der Waals surface area contributed by atoms with Gasteiger partial charge in [0.05, 0.1) is 12.1 Å². The fourth-order valence-corrected chi connectivity index (χ4v) is 3.01. The van der Waals surface area contributed by atoms with Crippen molar-refractivity contribution >= 4 is 5.91 Å². The molecule has 1 amide bonds. The zero-order valence-electron chi connectivity index (χ0n) is 13.0. The summed E-state index contributed by atoms with van der Waals surface area (Å²) in [7, 11) is 0. The van der Waals surface area contributed by atoms with Crippen LogP contribution in [-0.2, 0) is 4.79 Å². The fourth-order valence-electron chi connectivity index (χ4n) is 3.01. The van der Waals surface area contributed by atoms with E-state index in [0.29, 0.717) is 0 Å². The Morgan fingerprint density at radius 1 is 1.04 bits per heavy atom. The van der Waals surface area contributed by atoms with Crippen LogP contribution in [0.2, 0.25) is 0 Å². The van der Waals surface area contributed by atoms with Gasteiger partial charge in [0.25, 0.3) is 0 Å². The summed E-state index contributed by atoms with van der Waals surface area (Å²) in [6.45, 7) is 0.870. The molecule has 3 atom stereocenters. The van der Waals surface area contributed by atoms with Crippen molar-refractivity contribution < 1.29 is 9.90 Å². The number of amides is 1. The highest BCUT2D eigenvalue weighted by Gasteiger charge is 2.29. The molecule has 3 rings (SSSR count). The largest absolute Gasteiger partial charge is 0.386 e. The maximum Gasteiger partial charge on any atom is 0.237 e. The summed E-state index contributed by atoms with van der Waals surface area (Å²) < 4.78 is 0. The molecule has 3 N–H and O–H groups in total. The number of hydrogen-bond donors (Lipinski definition) is 3. The number of rotatable bonds is 5. The van der Waals surface area contributed by atoms with E-state index < -0.39 is 12.1 Å². The zero-order chi connectivity index (χ0) is 16.1. The van der Waals surface area contributed by atoms with E-state index in [2.05, 4.69) is 10.6 Å². The Morgan fingerprint density at radius 2 is 1.65 bits per heavy atom. The molecule has 2 aromatic rings. The van der Waals surface area contributed by atoms with Gasteiger partial charge in [-0.3, -0.25) is 4.79 Å². The van der Waals surface area contributed by atoms with Crippen molar-refractivity contribution in [3.63, 3.8) is 0 Å². The lowest BCUT2D eigenvalue weighted by molar-refractivity contribution is -0.124. The molecule has 1 aliphatic heterocycles. The molecule has 120 valence electrons. The molecule has 4 nitrogen and oxygen atoms in total. The molecule has 0 unspecified atom stereocenters. The van der Waals surface area contributed by atoms with Crippen LogP contribution < -0.4 is 10.6 Å². The molecule has 0 saturated carbocycles. The van der Waals surface area contributed by atoms with Gasteiger partial charge in [-0.1, -0.05) is 60.7 Å². The molecule has 0 radical (unpaired) electrons. The number of aliphatic hydroxyl groups excluding tert-OH is 1. The van der Waals surface area contributed by atoms with Gasteiger partial charge in [-0.15, -0.1) is 0 Å². The van der Waals surface area contributed by atoms with Gasteiger partial charge in [-0.25, -0.2) is 0 Å². The first-order valence-electron chi connectivity index (χ1n) is 8.07. The molecular weight excluding hydrogens is 288 g/mol. The highest BCUT2D eigenvalue weighted by atomic mass is 16.3. The third-order valence-corrected chi connectivity index (χ3v) is 4.29. The van der Waals surface area contributed by atoms with E-state index >= 15 is 0 Å². The predicted octanol–water partition coefficient (Wildman–Crippen LogP) is 2.33. The van der Waals surface area contributed by atoms with E-state index in [1.807, 2.05) is 60.7 Å². The number of carbonyl (C=O) groups excluding carboxylic acids is 1. The van der Waals surface area contributed by atoms with Crippen LogP contribution in [0.5, 0.6) is 0 Å². The standard InChI is InChI=1S/C19H22N2O2/c22-18(15-10-5-2-6-11-15)17(14-8-3-1-4-9-14)21-19(23)16-12-7-13-20-16/h1-6,8-11,16-18,20,22H,7,12-13H2,(H,21,23)/t16-,17+,18+/m1/s1. The predicted molar refractivity (Wildman–Crippen MR) is 89.8 cm³/mol. The van der Waals surface area contributed by atoms with Crippen molar-refractivity contribution in [1.29, 1.82) is 0 Å². The van der Waals surface area contributed by atoms with Crippen LogP contribution in [-0.4, -0.2) is 23.6 Å². The third-order valence-electron chi connectivity index (χ3n) is 4.29. The van der Waals surface area contributed by atoms with E-state index in [4.69, 9.17) is 0 Å². The molecule has 1 saturated heterocycles. The number of aliphatic hydroxyl groups is 1. The second-order valence-corrected chi connectivity index (χ2v) is 5.90. The first-order valence-corrected chi connectivity index (χ1v) is 8.07. The quantitative estimate of drug-likeness (QED) is 0.794. The Bertz CT molecular complexity index is 624. The summed E-state index contributed by atoms with van der Waals surface area (Å²) in [5.74, 6) is -0.0497. The Morgan fingerprint density at radius 3 is 2.22 bits per heavy atom. The highest BCUT2D eigenvalue weighted by Crippen LogP contribution is 2.29. The Kier molecular flexibility index (Phi) is 5.05. The maximum atomic E-state index is 12.5. The molecule has 1 heterocycles. The monoisotopic (exact) mass is 310 g/mol. The lowest BCUT2D eigenvalue weighted by Crippen LogP contribution is -2.43. The Balaban J connectivity index is 1.83.